The number of hydrogen-bond donors (Lipinski definition) is 1. The van der Waals surface area contributed by atoms with Crippen molar-refractivity contribution in [2.24, 2.45) is 0 Å². The van der Waals surface area contributed by atoms with E-state index < -0.39 is 23.5 Å². The summed E-state index contributed by atoms with van der Waals surface area (Å²) >= 11 is 0. The smallest absolute Gasteiger partial charge is 0.384 e. The van der Waals surface area contributed by atoms with Gasteiger partial charge >= 0.3 is 12.4 Å². The lowest BCUT2D eigenvalue weighted by Gasteiger charge is -2.05. The Bertz CT molecular complexity index is 849. The molecule has 0 aliphatic carbocycles. The zero-order valence-corrected chi connectivity index (χ0v) is 12.7. The predicted octanol–water partition coefficient (Wildman–Crippen LogP) is 4.34. The molecule has 0 saturated heterocycles. The largest absolute Gasteiger partial charge is 0.417 e. The van der Waals surface area contributed by atoms with Crippen LogP contribution in [0.5, 0.6) is 0 Å². The highest BCUT2D eigenvalue weighted by Crippen LogP contribution is 2.29. The van der Waals surface area contributed by atoms with Crippen molar-refractivity contribution in [1.29, 1.82) is 0 Å². The number of halogens is 6. The fourth-order valence-corrected chi connectivity index (χ4v) is 1.86. The molecular weight excluding hydrogens is 350 g/mol. The van der Waals surface area contributed by atoms with Crippen molar-refractivity contribution >= 4 is 11.5 Å². The predicted molar refractivity (Wildman–Crippen MR) is 78.6 cm³/mol. The third-order valence-corrected chi connectivity index (χ3v) is 3.01. The maximum absolute atomic E-state index is 12.3. The number of rotatable bonds is 0. The normalized spacial score (nSPS) is 12.0. The minimum absolute atomic E-state index is 0.0815. The molecule has 0 aromatic carbocycles. The SMILES string of the molecule is Cc1cn2cc(C(F)(F)F)ccc2n1.Nc1ccc(C(F)(F)F)cn1. The van der Waals surface area contributed by atoms with Crippen LogP contribution in [0.1, 0.15) is 16.8 Å². The zero-order chi connectivity index (χ0) is 18.8. The molecule has 134 valence electrons. The van der Waals surface area contributed by atoms with Gasteiger partial charge in [0.05, 0.1) is 16.8 Å². The third kappa shape index (κ3) is 4.85. The number of imidazole rings is 1. The van der Waals surface area contributed by atoms with Gasteiger partial charge in [0.1, 0.15) is 11.5 Å². The highest BCUT2D eigenvalue weighted by atomic mass is 19.4. The molecule has 3 aromatic heterocycles. The third-order valence-electron chi connectivity index (χ3n) is 3.01. The summed E-state index contributed by atoms with van der Waals surface area (Å²) in [5, 5.41) is 0. The van der Waals surface area contributed by atoms with Crippen molar-refractivity contribution in [1.82, 2.24) is 14.4 Å². The average Bonchev–Trinajstić information content (AvgIpc) is 2.85. The Kier molecular flexibility index (Phi) is 4.91. The number of nitrogen functional groups attached to an aromatic ring is 1. The number of hydrogen-bond acceptors (Lipinski definition) is 3. The summed E-state index contributed by atoms with van der Waals surface area (Å²) in [6, 6.07) is 4.39. The zero-order valence-electron chi connectivity index (χ0n) is 12.7. The fraction of sp³-hybridized carbons (Fsp3) is 0.200. The van der Waals surface area contributed by atoms with Gasteiger partial charge in [0.2, 0.25) is 0 Å². The summed E-state index contributed by atoms with van der Waals surface area (Å²) in [7, 11) is 0. The first kappa shape index (κ1) is 18.6. The minimum atomic E-state index is -4.33. The molecule has 0 aliphatic heterocycles. The van der Waals surface area contributed by atoms with E-state index in [-0.39, 0.29) is 5.82 Å². The highest BCUT2D eigenvalue weighted by molar-refractivity contribution is 5.41. The molecule has 25 heavy (non-hydrogen) atoms. The number of nitrogens with two attached hydrogens (primary N) is 1. The summed E-state index contributed by atoms with van der Waals surface area (Å²) in [5.74, 6) is 0.0815. The molecule has 3 rings (SSSR count). The Morgan fingerprint density at radius 1 is 0.880 bits per heavy atom. The summed E-state index contributed by atoms with van der Waals surface area (Å²) in [6.07, 6.45) is -5.33. The standard InChI is InChI=1S/C9H7F3N2.C6H5F3N2/c1-6-4-14-5-7(9(10,11)12)2-3-8(14)13-6;7-6(8,9)4-1-2-5(10)11-3-4/h2-5H,1H3;1-3H,(H2,10,11). The van der Waals surface area contributed by atoms with Crippen molar-refractivity contribution in [3.05, 3.63) is 59.7 Å². The molecule has 0 spiro atoms. The van der Waals surface area contributed by atoms with E-state index in [4.69, 9.17) is 5.73 Å². The molecule has 0 amide bonds. The van der Waals surface area contributed by atoms with E-state index in [9.17, 15) is 26.3 Å². The molecule has 3 aromatic rings. The van der Waals surface area contributed by atoms with E-state index in [0.717, 1.165) is 24.4 Å². The van der Waals surface area contributed by atoms with Gasteiger partial charge in [0.25, 0.3) is 0 Å². The Balaban J connectivity index is 0.000000186. The molecule has 3 heterocycles. The van der Waals surface area contributed by atoms with E-state index in [1.54, 1.807) is 13.1 Å². The van der Waals surface area contributed by atoms with Crippen LogP contribution in [0.4, 0.5) is 32.2 Å². The number of alkyl halides is 6. The first-order valence-corrected chi connectivity index (χ1v) is 6.78. The maximum atomic E-state index is 12.3. The van der Waals surface area contributed by atoms with Gasteiger partial charge in [-0.3, -0.25) is 0 Å². The topological polar surface area (TPSA) is 56.2 Å². The second-order valence-corrected chi connectivity index (χ2v) is 5.03. The van der Waals surface area contributed by atoms with Crippen LogP contribution in [0.3, 0.4) is 0 Å². The van der Waals surface area contributed by atoms with Gasteiger partial charge < -0.3 is 10.1 Å². The number of aryl methyl sites for hydroxylation is 1. The van der Waals surface area contributed by atoms with E-state index in [2.05, 4.69) is 9.97 Å². The van der Waals surface area contributed by atoms with Crippen LogP contribution >= 0.6 is 0 Å². The van der Waals surface area contributed by atoms with Crippen LogP contribution in [-0.4, -0.2) is 14.4 Å². The molecule has 10 heteroatoms. The first-order valence-electron chi connectivity index (χ1n) is 6.78. The Morgan fingerprint density at radius 2 is 1.48 bits per heavy atom. The van der Waals surface area contributed by atoms with Gasteiger partial charge in [-0.15, -0.1) is 0 Å². The van der Waals surface area contributed by atoms with Crippen LogP contribution in [0.2, 0.25) is 0 Å². The van der Waals surface area contributed by atoms with Crippen molar-refractivity contribution in [3.63, 3.8) is 0 Å². The Morgan fingerprint density at radius 3 is 2.00 bits per heavy atom. The van der Waals surface area contributed by atoms with E-state index in [1.807, 2.05) is 0 Å². The fourth-order valence-electron chi connectivity index (χ4n) is 1.86. The van der Waals surface area contributed by atoms with Crippen LogP contribution in [0.15, 0.2) is 42.9 Å². The van der Waals surface area contributed by atoms with E-state index >= 15 is 0 Å². The average molecular weight is 362 g/mol. The summed E-state index contributed by atoms with van der Waals surface area (Å²) in [4.78, 5) is 7.34. The number of nitrogens with zero attached hydrogens (tertiary/aromatic N) is 3. The van der Waals surface area contributed by atoms with Crippen LogP contribution in [0.25, 0.3) is 5.65 Å². The van der Waals surface area contributed by atoms with Gasteiger partial charge in [0.15, 0.2) is 0 Å². The van der Waals surface area contributed by atoms with Crippen LogP contribution in [-0.2, 0) is 12.4 Å². The maximum Gasteiger partial charge on any atom is 0.417 e. The minimum Gasteiger partial charge on any atom is -0.384 e. The van der Waals surface area contributed by atoms with E-state index in [0.29, 0.717) is 17.5 Å². The molecule has 0 saturated carbocycles. The summed E-state index contributed by atoms with van der Waals surface area (Å²) in [6.45, 7) is 1.74. The lowest BCUT2D eigenvalue weighted by Crippen LogP contribution is -2.05. The van der Waals surface area contributed by atoms with Gasteiger partial charge in [-0.25, -0.2) is 9.97 Å². The number of aromatic nitrogens is 3. The van der Waals surface area contributed by atoms with Crippen molar-refractivity contribution in [2.45, 2.75) is 19.3 Å². The Labute approximate surface area is 137 Å². The number of anilines is 1. The summed E-state index contributed by atoms with van der Waals surface area (Å²) < 4.78 is 73.8. The molecular formula is C15H12F6N4. The van der Waals surface area contributed by atoms with Gasteiger partial charge in [-0.2, -0.15) is 26.3 Å². The van der Waals surface area contributed by atoms with E-state index in [1.165, 1.54) is 10.5 Å². The van der Waals surface area contributed by atoms with Crippen molar-refractivity contribution in [2.75, 3.05) is 5.73 Å². The second-order valence-electron chi connectivity index (χ2n) is 5.03. The first-order chi connectivity index (χ1) is 11.5. The lowest BCUT2D eigenvalue weighted by atomic mass is 10.3. The molecule has 4 nitrogen and oxygen atoms in total. The van der Waals surface area contributed by atoms with Crippen molar-refractivity contribution < 1.29 is 26.3 Å². The molecule has 0 radical (unpaired) electrons. The van der Waals surface area contributed by atoms with Gasteiger partial charge in [-0.05, 0) is 31.2 Å². The van der Waals surface area contributed by atoms with Gasteiger partial charge in [-0.1, -0.05) is 0 Å². The molecule has 0 aliphatic rings. The quantitative estimate of drug-likeness (QED) is 0.605. The van der Waals surface area contributed by atoms with Crippen LogP contribution < -0.4 is 5.73 Å². The molecule has 0 bridgehead atoms. The summed E-state index contributed by atoms with van der Waals surface area (Å²) in [5.41, 5.74) is 4.86. The number of fused-ring (bicyclic) bond motifs is 1. The second kappa shape index (κ2) is 6.61. The van der Waals surface area contributed by atoms with Crippen molar-refractivity contribution in [3.8, 4) is 0 Å². The number of pyridine rings is 2. The molecule has 0 atom stereocenters. The van der Waals surface area contributed by atoms with Crippen LogP contribution in [0, 0.1) is 6.92 Å². The monoisotopic (exact) mass is 362 g/mol. The highest BCUT2D eigenvalue weighted by Gasteiger charge is 2.31. The molecule has 0 fully saturated rings. The molecule has 2 N–H and O–H groups in total. The lowest BCUT2D eigenvalue weighted by molar-refractivity contribution is -0.138. The molecule has 0 unspecified atom stereocenters. The van der Waals surface area contributed by atoms with Gasteiger partial charge in [0, 0.05) is 18.6 Å². The Hall–Kier alpha value is -2.78.